The number of ketones is 1. The summed E-state index contributed by atoms with van der Waals surface area (Å²) in [4.78, 5) is 40.4. The summed E-state index contributed by atoms with van der Waals surface area (Å²) in [7, 11) is 0. The third kappa shape index (κ3) is 4.10. The number of benzene rings is 1. The lowest BCUT2D eigenvalue weighted by Gasteiger charge is -2.34. The summed E-state index contributed by atoms with van der Waals surface area (Å²) >= 11 is 0. The molecule has 2 aromatic rings. The number of dihydropyridines is 1. The van der Waals surface area contributed by atoms with Crippen LogP contribution in [0.1, 0.15) is 81.8 Å². The van der Waals surface area contributed by atoms with E-state index in [9.17, 15) is 14.4 Å². The maximum Gasteiger partial charge on any atom is 0.337 e. The van der Waals surface area contributed by atoms with E-state index in [2.05, 4.69) is 5.32 Å². The first kappa shape index (κ1) is 22.6. The SMILES string of the molecule is CC1=C(C(=O)OC2CCCCCC2)[C@H](c2coc3ccc(C)cc3c2=O)C2=C(CCCC2=O)N1. The standard InChI is InChI=1S/C28H31NO5/c1-16-12-13-23-19(14-16)27(31)20(15-33-23)25-24(28(32)34-18-8-5-3-4-6-9-18)17(2)29-21-10-7-11-22(30)26(21)25/h12-15,18,25,29H,3-11H2,1-2H3/t25-/m0/s1. The van der Waals surface area contributed by atoms with E-state index in [4.69, 9.17) is 9.15 Å². The molecule has 2 heterocycles. The van der Waals surface area contributed by atoms with Crippen LogP contribution in [0.15, 0.2) is 56.2 Å². The topological polar surface area (TPSA) is 85.6 Å². The Balaban J connectivity index is 1.63. The Labute approximate surface area is 199 Å². The lowest BCUT2D eigenvalue weighted by molar-refractivity contribution is -0.145. The quantitative estimate of drug-likeness (QED) is 0.491. The van der Waals surface area contributed by atoms with E-state index in [0.29, 0.717) is 46.2 Å². The zero-order valence-electron chi connectivity index (χ0n) is 19.9. The van der Waals surface area contributed by atoms with Gasteiger partial charge in [-0.15, -0.1) is 0 Å². The maximum absolute atomic E-state index is 13.7. The maximum atomic E-state index is 13.7. The average molecular weight is 462 g/mol. The van der Waals surface area contributed by atoms with E-state index in [1.807, 2.05) is 19.9 Å². The van der Waals surface area contributed by atoms with E-state index < -0.39 is 11.9 Å². The van der Waals surface area contributed by atoms with Crippen molar-refractivity contribution in [2.24, 2.45) is 0 Å². The molecule has 1 atom stereocenters. The van der Waals surface area contributed by atoms with E-state index in [1.165, 1.54) is 6.26 Å². The Hall–Kier alpha value is -3.15. The van der Waals surface area contributed by atoms with E-state index in [0.717, 1.165) is 56.2 Å². The van der Waals surface area contributed by atoms with E-state index in [1.54, 1.807) is 12.1 Å². The van der Waals surface area contributed by atoms with Crippen LogP contribution in [0.5, 0.6) is 0 Å². The summed E-state index contributed by atoms with van der Waals surface area (Å²) in [5.74, 6) is -1.27. The molecule has 0 radical (unpaired) electrons. The first-order chi connectivity index (χ1) is 16.4. The molecule has 1 aromatic carbocycles. The van der Waals surface area contributed by atoms with Gasteiger partial charge in [0, 0.05) is 29.0 Å². The van der Waals surface area contributed by atoms with Gasteiger partial charge >= 0.3 is 5.97 Å². The predicted molar refractivity (Wildman–Crippen MR) is 129 cm³/mol. The average Bonchev–Trinajstić information content (AvgIpc) is 3.07. The molecular formula is C28H31NO5. The van der Waals surface area contributed by atoms with Crippen molar-refractivity contribution in [2.45, 2.75) is 83.7 Å². The summed E-state index contributed by atoms with van der Waals surface area (Å²) in [5, 5.41) is 3.75. The van der Waals surface area contributed by atoms with Crippen LogP contribution < -0.4 is 10.7 Å². The van der Waals surface area contributed by atoms with Crippen LogP contribution in [0, 0.1) is 6.92 Å². The number of ether oxygens (including phenoxy) is 1. The predicted octanol–water partition coefficient (Wildman–Crippen LogP) is 5.34. The van der Waals surface area contributed by atoms with Gasteiger partial charge in [-0.05, 0) is 64.5 Å². The Morgan fingerprint density at radius 2 is 1.79 bits per heavy atom. The smallest absolute Gasteiger partial charge is 0.337 e. The molecule has 1 fully saturated rings. The lowest BCUT2D eigenvalue weighted by atomic mass is 9.75. The second kappa shape index (κ2) is 9.24. The number of esters is 1. The van der Waals surface area contributed by atoms with Gasteiger partial charge in [-0.1, -0.05) is 24.5 Å². The molecule has 0 saturated heterocycles. The van der Waals surface area contributed by atoms with Gasteiger partial charge in [-0.3, -0.25) is 9.59 Å². The Morgan fingerprint density at radius 3 is 2.56 bits per heavy atom. The minimum absolute atomic E-state index is 0.0326. The van der Waals surface area contributed by atoms with Crippen molar-refractivity contribution in [2.75, 3.05) is 0 Å². The van der Waals surface area contributed by atoms with Crippen LogP contribution in [0.2, 0.25) is 0 Å². The molecule has 5 rings (SSSR count). The highest BCUT2D eigenvalue weighted by molar-refractivity contribution is 6.04. The molecule has 34 heavy (non-hydrogen) atoms. The van der Waals surface area contributed by atoms with Gasteiger partial charge in [0.25, 0.3) is 0 Å². The van der Waals surface area contributed by atoms with Crippen molar-refractivity contribution in [1.82, 2.24) is 5.32 Å². The molecule has 178 valence electrons. The van der Waals surface area contributed by atoms with Crippen molar-refractivity contribution in [3.63, 3.8) is 0 Å². The molecule has 6 nitrogen and oxygen atoms in total. The van der Waals surface area contributed by atoms with Crippen LogP contribution in [0.3, 0.4) is 0 Å². The summed E-state index contributed by atoms with van der Waals surface area (Å²) in [6.07, 6.45) is 9.23. The fourth-order valence-electron chi connectivity index (χ4n) is 5.60. The number of hydrogen-bond acceptors (Lipinski definition) is 6. The molecule has 0 bridgehead atoms. The highest BCUT2D eigenvalue weighted by Gasteiger charge is 2.41. The zero-order chi connectivity index (χ0) is 23.8. The van der Waals surface area contributed by atoms with Gasteiger partial charge in [0.2, 0.25) is 0 Å². The van der Waals surface area contributed by atoms with Gasteiger partial charge < -0.3 is 14.5 Å². The first-order valence-corrected chi connectivity index (χ1v) is 12.4. The summed E-state index contributed by atoms with van der Waals surface area (Å²) in [6, 6.07) is 5.46. The van der Waals surface area contributed by atoms with Crippen molar-refractivity contribution < 1.29 is 18.7 Å². The summed E-state index contributed by atoms with van der Waals surface area (Å²) in [6.45, 7) is 3.74. The largest absolute Gasteiger partial charge is 0.464 e. The van der Waals surface area contributed by atoms with Crippen LogP contribution in [0.4, 0.5) is 0 Å². The van der Waals surface area contributed by atoms with Crippen molar-refractivity contribution in [3.8, 4) is 0 Å². The highest BCUT2D eigenvalue weighted by atomic mass is 16.5. The van der Waals surface area contributed by atoms with E-state index in [-0.39, 0.29) is 17.3 Å². The van der Waals surface area contributed by atoms with E-state index >= 15 is 0 Å². The number of fused-ring (bicyclic) bond motifs is 1. The second-order valence-corrected chi connectivity index (χ2v) is 9.80. The van der Waals surface area contributed by atoms with Crippen molar-refractivity contribution in [3.05, 3.63) is 68.4 Å². The normalized spacial score (nSPS) is 21.8. The summed E-state index contributed by atoms with van der Waals surface area (Å²) < 4.78 is 11.8. The van der Waals surface area contributed by atoms with Gasteiger partial charge in [0.05, 0.1) is 23.1 Å². The minimum Gasteiger partial charge on any atom is -0.464 e. The third-order valence-electron chi connectivity index (χ3n) is 7.34. The van der Waals surface area contributed by atoms with Crippen LogP contribution in [-0.2, 0) is 14.3 Å². The van der Waals surface area contributed by atoms with Crippen LogP contribution in [-0.4, -0.2) is 17.9 Å². The fraction of sp³-hybridized carbons (Fsp3) is 0.464. The van der Waals surface area contributed by atoms with Crippen LogP contribution in [0.25, 0.3) is 11.0 Å². The fourth-order valence-corrected chi connectivity index (χ4v) is 5.60. The lowest BCUT2D eigenvalue weighted by Crippen LogP contribution is -2.36. The van der Waals surface area contributed by atoms with Crippen molar-refractivity contribution >= 4 is 22.7 Å². The Morgan fingerprint density at radius 1 is 1.03 bits per heavy atom. The molecular weight excluding hydrogens is 430 g/mol. The number of aryl methyl sites for hydroxylation is 1. The third-order valence-corrected chi connectivity index (χ3v) is 7.34. The molecule has 1 aliphatic heterocycles. The minimum atomic E-state index is -0.788. The molecule has 1 aromatic heterocycles. The number of Topliss-reactive ketones (excluding diaryl/α,β-unsaturated/α-hetero) is 1. The number of hydrogen-bond donors (Lipinski definition) is 1. The Bertz CT molecular complexity index is 1270. The molecule has 0 spiro atoms. The molecule has 1 saturated carbocycles. The molecule has 3 aliphatic rings. The number of carbonyl (C=O) groups excluding carboxylic acids is 2. The monoisotopic (exact) mass is 461 g/mol. The molecule has 1 N–H and O–H groups in total. The van der Waals surface area contributed by atoms with Gasteiger partial charge in [-0.2, -0.15) is 0 Å². The molecule has 6 heteroatoms. The zero-order valence-corrected chi connectivity index (χ0v) is 19.9. The van der Waals surface area contributed by atoms with Gasteiger partial charge in [0.15, 0.2) is 11.2 Å². The Kier molecular flexibility index (Phi) is 6.15. The van der Waals surface area contributed by atoms with Crippen LogP contribution >= 0.6 is 0 Å². The number of carbonyl (C=O) groups is 2. The molecule has 2 aliphatic carbocycles. The number of allylic oxidation sites excluding steroid dienone is 3. The van der Waals surface area contributed by atoms with Gasteiger partial charge in [-0.25, -0.2) is 4.79 Å². The molecule has 0 amide bonds. The highest BCUT2D eigenvalue weighted by Crippen LogP contribution is 2.42. The van der Waals surface area contributed by atoms with Gasteiger partial charge in [0.1, 0.15) is 11.7 Å². The summed E-state index contributed by atoms with van der Waals surface area (Å²) in [5.41, 5.74) is 3.82. The second-order valence-electron chi connectivity index (χ2n) is 9.80. The number of nitrogens with one attached hydrogen (secondary N) is 1. The number of rotatable bonds is 3. The first-order valence-electron chi connectivity index (χ1n) is 12.4. The van der Waals surface area contributed by atoms with Crippen molar-refractivity contribution in [1.29, 1.82) is 0 Å². The molecule has 0 unspecified atom stereocenters.